The summed E-state index contributed by atoms with van der Waals surface area (Å²) in [6.07, 6.45) is 3.58. The number of nitrogens with zero attached hydrogens (tertiary/aromatic N) is 1. The highest BCUT2D eigenvalue weighted by molar-refractivity contribution is 6.02. The van der Waals surface area contributed by atoms with Crippen molar-refractivity contribution in [1.29, 1.82) is 0 Å². The summed E-state index contributed by atoms with van der Waals surface area (Å²) in [5, 5.41) is 2.88. The smallest absolute Gasteiger partial charge is 0.232 e. The largest absolute Gasteiger partial charge is 0.495 e. The van der Waals surface area contributed by atoms with Gasteiger partial charge in [-0.2, -0.15) is 0 Å². The van der Waals surface area contributed by atoms with Crippen LogP contribution in [0.5, 0.6) is 5.75 Å². The van der Waals surface area contributed by atoms with Crippen molar-refractivity contribution in [2.45, 2.75) is 12.8 Å². The fraction of sp³-hybridized carbons (Fsp3) is 0.385. The van der Waals surface area contributed by atoms with Crippen molar-refractivity contribution in [2.24, 2.45) is 10.9 Å². The van der Waals surface area contributed by atoms with E-state index < -0.39 is 0 Å². The van der Waals surface area contributed by atoms with Gasteiger partial charge in [0.05, 0.1) is 18.7 Å². The number of para-hydroxylation sites is 2. The number of carbonyl (C=O) groups is 1. The minimum atomic E-state index is -0.117. The maximum Gasteiger partial charge on any atom is 0.232 e. The van der Waals surface area contributed by atoms with Gasteiger partial charge in [0, 0.05) is 12.8 Å². The van der Waals surface area contributed by atoms with Gasteiger partial charge in [-0.3, -0.25) is 9.79 Å². The van der Waals surface area contributed by atoms with Gasteiger partial charge in [0.1, 0.15) is 5.75 Å². The molecule has 1 aromatic carbocycles. The van der Waals surface area contributed by atoms with Crippen LogP contribution in [-0.4, -0.2) is 25.8 Å². The van der Waals surface area contributed by atoms with Gasteiger partial charge in [0.2, 0.25) is 5.91 Å². The molecule has 0 radical (unpaired) electrons. The van der Waals surface area contributed by atoms with Crippen molar-refractivity contribution in [3.63, 3.8) is 0 Å². The number of hydrogen-bond acceptors (Lipinski definition) is 3. The van der Waals surface area contributed by atoms with E-state index in [0.29, 0.717) is 11.4 Å². The molecule has 0 aliphatic carbocycles. The highest BCUT2D eigenvalue weighted by Gasteiger charge is 2.19. The van der Waals surface area contributed by atoms with Crippen molar-refractivity contribution >= 4 is 17.8 Å². The summed E-state index contributed by atoms with van der Waals surface area (Å²) in [5.74, 6) is 0.542. The maximum atomic E-state index is 12.0. The zero-order chi connectivity index (χ0) is 12.1. The number of benzene rings is 1. The Labute approximate surface area is 101 Å². The molecule has 0 saturated heterocycles. The lowest BCUT2D eigenvalue weighted by molar-refractivity contribution is -0.118. The Kier molecular flexibility index (Phi) is 3.75. The molecule has 0 aromatic heterocycles. The lowest BCUT2D eigenvalue weighted by atomic mass is 10.0. The molecule has 90 valence electrons. The molecule has 1 heterocycles. The Balaban J connectivity index is 2.07. The summed E-state index contributed by atoms with van der Waals surface area (Å²) in [5.41, 5.74) is 0.707. The van der Waals surface area contributed by atoms with Crippen LogP contribution in [0.15, 0.2) is 29.3 Å². The first-order valence-electron chi connectivity index (χ1n) is 5.75. The molecule has 4 nitrogen and oxygen atoms in total. The molecule has 0 spiro atoms. The molecular formula is C13H16N2O2. The van der Waals surface area contributed by atoms with E-state index in [9.17, 15) is 4.79 Å². The quantitative estimate of drug-likeness (QED) is 0.867. The van der Waals surface area contributed by atoms with Crippen LogP contribution in [-0.2, 0) is 4.79 Å². The van der Waals surface area contributed by atoms with E-state index in [2.05, 4.69) is 10.3 Å². The predicted octanol–water partition coefficient (Wildman–Crippen LogP) is 2.11. The average Bonchev–Trinajstić information content (AvgIpc) is 2.40. The third-order valence-electron chi connectivity index (χ3n) is 2.79. The van der Waals surface area contributed by atoms with E-state index in [4.69, 9.17) is 4.74 Å². The van der Waals surface area contributed by atoms with E-state index in [1.165, 1.54) is 0 Å². The number of nitrogens with one attached hydrogen (secondary N) is 1. The Morgan fingerprint density at radius 2 is 2.29 bits per heavy atom. The first-order valence-corrected chi connectivity index (χ1v) is 5.75. The average molecular weight is 232 g/mol. The van der Waals surface area contributed by atoms with E-state index in [-0.39, 0.29) is 11.8 Å². The second-order valence-corrected chi connectivity index (χ2v) is 3.99. The summed E-state index contributed by atoms with van der Waals surface area (Å²) in [7, 11) is 1.59. The molecule has 4 heteroatoms. The molecule has 1 N–H and O–H groups in total. The van der Waals surface area contributed by atoms with Gasteiger partial charge >= 0.3 is 0 Å². The SMILES string of the molecule is COc1ccccc1NC(=O)C1C=NCCC1. The van der Waals surface area contributed by atoms with Crippen molar-refractivity contribution < 1.29 is 9.53 Å². The van der Waals surface area contributed by atoms with Crippen LogP contribution < -0.4 is 10.1 Å². The van der Waals surface area contributed by atoms with Crippen LogP contribution in [0.4, 0.5) is 5.69 Å². The second-order valence-electron chi connectivity index (χ2n) is 3.99. The highest BCUT2D eigenvalue weighted by Crippen LogP contribution is 2.24. The van der Waals surface area contributed by atoms with Crippen molar-refractivity contribution in [1.82, 2.24) is 0 Å². The lowest BCUT2D eigenvalue weighted by Crippen LogP contribution is -2.26. The van der Waals surface area contributed by atoms with E-state index in [0.717, 1.165) is 19.4 Å². The number of ether oxygens (including phenoxy) is 1. The number of carbonyl (C=O) groups excluding carboxylic acids is 1. The van der Waals surface area contributed by atoms with Crippen LogP contribution in [0.2, 0.25) is 0 Å². The zero-order valence-corrected chi connectivity index (χ0v) is 9.85. The maximum absolute atomic E-state index is 12.0. The molecule has 1 amide bonds. The van der Waals surface area contributed by atoms with Gasteiger partial charge in [-0.1, -0.05) is 12.1 Å². The van der Waals surface area contributed by atoms with Crippen molar-refractivity contribution in [2.75, 3.05) is 19.0 Å². The number of aliphatic imine (C=N–C) groups is 1. The molecule has 2 rings (SSSR count). The molecule has 1 aliphatic heterocycles. The van der Waals surface area contributed by atoms with Crippen LogP contribution in [0.1, 0.15) is 12.8 Å². The molecular weight excluding hydrogens is 216 g/mol. The summed E-state index contributed by atoms with van der Waals surface area (Å²) >= 11 is 0. The highest BCUT2D eigenvalue weighted by atomic mass is 16.5. The number of methoxy groups -OCH3 is 1. The fourth-order valence-electron chi connectivity index (χ4n) is 1.85. The van der Waals surface area contributed by atoms with Gasteiger partial charge in [-0.15, -0.1) is 0 Å². The van der Waals surface area contributed by atoms with E-state index in [1.807, 2.05) is 24.3 Å². The van der Waals surface area contributed by atoms with Gasteiger partial charge in [0.25, 0.3) is 0 Å². The first-order chi connectivity index (χ1) is 8.31. The Morgan fingerprint density at radius 3 is 3.00 bits per heavy atom. The molecule has 0 fully saturated rings. The number of rotatable bonds is 3. The van der Waals surface area contributed by atoms with Gasteiger partial charge in [-0.25, -0.2) is 0 Å². The van der Waals surface area contributed by atoms with Gasteiger partial charge in [0.15, 0.2) is 0 Å². The van der Waals surface area contributed by atoms with Crippen molar-refractivity contribution in [3.8, 4) is 5.75 Å². The normalized spacial score (nSPS) is 18.8. The summed E-state index contributed by atoms with van der Waals surface area (Å²) in [4.78, 5) is 16.1. The standard InChI is InChI=1S/C13H16N2O2/c1-17-12-7-3-2-6-11(12)15-13(16)10-5-4-8-14-9-10/h2-3,6-7,9-10H,4-5,8H2,1H3,(H,15,16). The minimum absolute atomic E-state index is 0.0158. The number of anilines is 1. The summed E-state index contributed by atoms with van der Waals surface area (Å²) < 4.78 is 5.19. The van der Waals surface area contributed by atoms with E-state index in [1.54, 1.807) is 13.3 Å². The fourth-order valence-corrected chi connectivity index (χ4v) is 1.85. The van der Waals surface area contributed by atoms with Crippen LogP contribution >= 0.6 is 0 Å². The number of amides is 1. The van der Waals surface area contributed by atoms with Gasteiger partial charge < -0.3 is 10.1 Å². The summed E-state index contributed by atoms with van der Waals surface area (Å²) in [6, 6.07) is 7.39. The number of hydrogen-bond donors (Lipinski definition) is 1. The molecule has 1 atom stereocenters. The molecule has 0 bridgehead atoms. The topological polar surface area (TPSA) is 50.7 Å². The Hall–Kier alpha value is -1.84. The van der Waals surface area contributed by atoms with Crippen molar-refractivity contribution in [3.05, 3.63) is 24.3 Å². The van der Waals surface area contributed by atoms with Gasteiger partial charge in [-0.05, 0) is 25.0 Å². The monoisotopic (exact) mass is 232 g/mol. The lowest BCUT2D eigenvalue weighted by Gasteiger charge is -2.16. The van der Waals surface area contributed by atoms with E-state index >= 15 is 0 Å². The van der Waals surface area contributed by atoms with Crippen LogP contribution in [0, 0.1) is 5.92 Å². The molecule has 1 unspecified atom stereocenters. The second kappa shape index (κ2) is 5.48. The molecule has 1 aromatic rings. The van der Waals surface area contributed by atoms with Crippen LogP contribution in [0.3, 0.4) is 0 Å². The molecule has 17 heavy (non-hydrogen) atoms. The van der Waals surface area contributed by atoms with Crippen LogP contribution in [0.25, 0.3) is 0 Å². The predicted molar refractivity (Wildman–Crippen MR) is 67.7 cm³/mol. The Morgan fingerprint density at radius 1 is 1.47 bits per heavy atom. The molecule has 0 saturated carbocycles. The Bertz CT molecular complexity index is 429. The first kappa shape index (κ1) is 11.6. The molecule has 1 aliphatic rings. The summed E-state index contributed by atoms with van der Waals surface area (Å²) in [6.45, 7) is 0.832. The third kappa shape index (κ3) is 2.84. The third-order valence-corrected chi connectivity index (χ3v) is 2.79. The minimum Gasteiger partial charge on any atom is -0.495 e. The zero-order valence-electron chi connectivity index (χ0n) is 9.85.